The molecule has 0 aliphatic heterocycles. The number of sulfone groups is 1. The Kier molecular flexibility index (Phi) is 7.28. The zero-order valence-electron chi connectivity index (χ0n) is 16.9. The van der Waals surface area contributed by atoms with Crippen molar-refractivity contribution in [3.05, 3.63) is 38.3 Å². The van der Waals surface area contributed by atoms with Crippen molar-refractivity contribution < 1.29 is 30.4 Å². The Morgan fingerprint density at radius 3 is 2.26 bits per heavy atom. The van der Waals surface area contributed by atoms with E-state index in [4.69, 9.17) is 11.6 Å². The van der Waals surface area contributed by atoms with Gasteiger partial charge in [0.25, 0.3) is 0 Å². The fourth-order valence-corrected chi connectivity index (χ4v) is 4.32. The van der Waals surface area contributed by atoms with Gasteiger partial charge >= 0.3 is 12.1 Å². The SMILES string of the molecule is CCS(=O)(=O)c1ccc(-n2nc(Br)c(Br)n2)nc1-c1ncc(/C=C(\Cl)C(F)(F)C(F)(F)F)n1C. The Morgan fingerprint density at radius 1 is 1.15 bits per heavy atom. The molecule has 0 amide bonds. The molecule has 0 radical (unpaired) electrons. The van der Waals surface area contributed by atoms with Crippen molar-refractivity contribution in [1.29, 1.82) is 0 Å². The second-order valence-corrected chi connectivity index (χ2v) is 10.8. The topological polar surface area (TPSA) is 95.6 Å². The number of hydrogen-bond acceptors (Lipinski definition) is 6. The lowest BCUT2D eigenvalue weighted by atomic mass is 10.2. The van der Waals surface area contributed by atoms with Gasteiger partial charge in [-0.2, -0.15) is 22.0 Å². The first-order valence-corrected chi connectivity index (χ1v) is 12.6. The van der Waals surface area contributed by atoms with Gasteiger partial charge in [-0.3, -0.25) is 0 Å². The first kappa shape index (κ1) is 26.7. The van der Waals surface area contributed by atoms with Crippen LogP contribution in [0.15, 0.2) is 37.5 Å². The van der Waals surface area contributed by atoms with Crippen LogP contribution in [0.4, 0.5) is 22.0 Å². The van der Waals surface area contributed by atoms with Gasteiger partial charge in [0.15, 0.2) is 30.7 Å². The number of pyridine rings is 1. The van der Waals surface area contributed by atoms with Gasteiger partial charge in [0.1, 0.15) is 5.69 Å². The minimum atomic E-state index is -5.90. The van der Waals surface area contributed by atoms with Crippen LogP contribution in [-0.2, 0) is 16.9 Å². The van der Waals surface area contributed by atoms with Gasteiger partial charge in [0, 0.05) is 7.05 Å². The van der Waals surface area contributed by atoms with Crippen molar-refractivity contribution in [3.8, 4) is 17.3 Å². The van der Waals surface area contributed by atoms with Crippen LogP contribution < -0.4 is 0 Å². The molecule has 3 aromatic heterocycles. The second kappa shape index (κ2) is 9.28. The predicted molar refractivity (Wildman–Crippen MR) is 119 cm³/mol. The third-order valence-electron chi connectivity index (χ3n) is 4.47. The minimum Gasteiger partial charge on any atom is -0.326 e. The van der Waals surface area contributed by atoms with Crippen molar-refractivity contribution in [2.75, 3.05) is 5.75 Å². The highest BCUT2D eigenvalue weighted by Crippen LogP contribution is 2.43. The van der Waals surface area contributed by atoms with Crippen LogP contribution in [0.1, 0.15) is 12.6 Å². The van der Waals surface area contributed by atoms with Crippen LogP contribution in [0.3, 0.4) is 0 Å². The quantitative estimate of drug-likeness (QED) is 0.341. The molecule has 0 saturated heterocycles. The molecule has 0 unspecified atom stereocenters. The molecule has 0 aliphatic carbocycles. The second-order valence-electron chi connectivity index (χ2n) is 6.62. The van der Waals surface area contributed by atoms with E-state index in [1.807, 2.05) is 0 Å². The number of halogens is 8. The van der Waals surface area contributed by atoms with E-state index in [-0.39, 0.29) is 33.7 Å². The summed E-state index contributed by atoms with van der Waals surface area (Å²) in [6.45, 7) is 1.40. The molecule has 0 atom stereocenters. The number of nitrogens with zero attached hydrogens (tertiary/aromatic N) is 6. The summed E-state index contributed by atoms with van der Waals surface area (Å²) in [7, 11) is -2.57. The van der Waals surface area contributed by atoms with Crippen LogP contribution in [-0.4, -0.2) is 55.8 Å². The van der Waals surface area contributed by atoms with Crippen LogP contribution in [0, 0.1) is 0 Å². The maximum atomic E-state index is 13.5. The highest BCUT2D eigenvalue weighted by molar-refractivity contribution is 9.13. The van der Waals surface area contributed by atoms with Crippen LogP contribution in [0.5, 0.6) is 0 Å². The van der Waals surface area contributed by atoms with Crippen LogP contribution in [0.25, 0.3) is 23.4 Å². The molecule has 0 saturated carbocycles. The van der Waals surface area contributed by atoms with E-state index in [1.165, 1.54) is 26.1 Å². The summed E-state index contributed by atoms with van der Waals surface area (Å²) in [6, 6.07) is 2.59. The average Bonchev–Trinajstić information content (AvgIpc) is 3.28. The number of allylic oxidation sites excluding steroid dienone is 1. The Labute approximate surface area is 211 Å². The molecule has 3 aromatic rings. The molecule has 34 heavy (non-hydrogen) atoms. The lowest BCUT2D eigenvalue weighted by molar-refractivity contribution is -0.261. The summed E-state index contributed by atoms with van der Waals surface area (Å²) in [4.78, 5) is 9.11. The van der Waals surface area contributed by atoms with Gasteiger partial charge in [0.2, 0.25) is 0 Å². The molecule has 3 rings (SSSR count). The smallest absolute Gasteiger partial charge is 0.326 e. The highest BCUT2D eigenvalue weighted by atomic mass is 79.9. The van der Waals surface area contributed by atoms with E-state index >= 15 is 0 Å². The third-order valence-corrected chi connectivity index (χ3v) is 8.17. The van der Waals surface area contributed by atoms with Gasteiger partial charge < -0.3 is 4.57 Å². The van der Waals surface area contributed by atoms with E-state index in [0.717, 1.165) is 15.6 Å². The first-order valence-electron chi connectivity index (χ1n) is 8.97. The molecule has 0 fully saturated rings. The summed E-state index contributed by atoms with van der Waals surface area (Å²) in [5, 5.41) is 6.34. The molecule has 8 nitrogen and oxygen atoms in total. The third kappa shape index (κ3) is 4.90. The van der Waals surface area contributed by atoms with Crippen LogP contribution >= 0.6 is 43.5 Å². The van der Waals surface area contributed by atoms with E-state index in [9.17, 15) is 30.4 Å². The van der Waals surface area contributed by atoms with Crippen molar-refractivity contribution in [3.63, 3.8) is 0 Å². The summed E-state index contributed by atoms with van der Waals surface area (Å²) < 4.78 is 92.0. The van der Waals surface area contributed by atoms with Crippen LogP contribution in [0.2, 0.25) is 0 Å². The Bertz CT molecular complexity index is 1370. The fraction of sp³-hybridized carbons (Fsp3) is 0.294. The molecule has 0 N–H and O–H groups in total. The molecular weight excluding hydrogens is 643 g/mol. The first-order chi connectivity index (χ1) is 15.6. The molecule has 3 heterocycles. The summed E-state index contributed by atoms with van der Waals surface area (Å²) in [5.74, 6) is -5.64. The number of imidazole rings is 1. The van der Waals surface area contributed by atoms with Crippen molar-refractivity contribution in [2.24, 2.45) is 7.05 Å². The Morgan fingerprint density at radius 2 is 1.74 bits per heavy atom. The number of aromatic nitrogens is 6. The number of rotatable bonds is 6. The van der Waals surface area contributed by atoms with Gasteiger partial charge in [-0.1, -0.05) is 18.5 Å². The minimum absolute atomic E-state index is 0.0817. The Hall–Kier alpha value is -1.91. The highest BCUT2D eigenvalue weighted by Gasteiger charge is 2.59. The van der Waals surface area contributed by atoms with Crippen molar-refractivity contribution in [2.45, 2.75) is 23.9 Å². The zero-order valence-corrected chi connectivity index (χ0v) is 21.7. The standard InChI is InChI=1S/C17H12Br2ClF5N6O2S/c1-3-34(32,33)9-4-5-11(31-28-13(18)14(19)29-31)27-12(9)15-26-7-8(30(15)2)6-10(20)16(21,22)17(23,24)25/h4-7H,3H2,1-2H3/b10-6-. The lowest BCUT2D eigenvalue weighted by Gasteiger charge is -2.18. The predicted octanol–water partition coefficient (Wildman–Crippen LogP) is 5.16. The van der Waals surface area contributed by atoms with E-state index in [2.05, 4.69) is 52.0 Å². The fourth-order valence-electron chi connectivity index (χ4n) is 2.62. The summed E-state index contributed by atoms with van der Waals surface area (Å²) in [5.41, 5.74) is -0.441. The maximum absolute atomic E-state index is 13.5. The molecule has 17 heteroatoms. The average molecular weight is 655 g/mol. The van der Waals surface area contributed by atoms with Crippen molar-refractivity contribution in [1.82, 2.24) is 29.5 Å². The van der Waals surface area contributed by atoms with E-state index in [1.54, 1.807) is 0 Å². The Balaban J connectivity index is 2.20. The normalized spacial score (nSPS) is 13.5. The summed E-state index contributed by atoms with van der Waals surface area (Å²) in [6.07, 6.45) is -4.55. The van der Waals surface area contributed by atoms with Gasteiger partial charge in [0.05, 0.1) is 27.6 Å². The monoisotopic (exact) mass is 652 g/mol. The molecule has 0 aromatic carbocycles. The molecule has 0 aliphatic rings. The lowest BCUT2D eigenvalue weighted by Crippen LogP contribution is -2.36. The molecule has 184 valence electrons. The number of alkyl halides is 5. The maximum Gasteiger partial charge on any atom is 0.459 e. The number of hydrogen-bond donors (Lipinski definition) is 0. The molecule has 0 bridgehead atoms. The van der Waals surface area contributed by atoms with Gasteiger partial charge in [-0.05, 0) is 50.1 Å². The zero-order chi connectivity index (χ0) is 25.6. The van der Waals surface area contributed by atoms with E-state index < -0.39 is 27.0 Å². The molecule has 0 spiro atoms. The van der Waals surface area contributed by atoms with E-state index in [0.29, 0.717) is 15.3 Å². The van der Waals surface area contributed by atoms with Gasteiger partial charge in [-0.25, -0.2) is 18.4 Å². The van der Waals surface area contributed by atoms with Gasteiger partial charge in [-0.15, -0.1) is 15.0 Å². The van der Waals surface area contributed by atoms with Crippen molar-refractivity contribution >= 4 is 59.4 Å². The largest absolute Gasteiger partial charge is 0.459 e. The summed E-state index contributed by atoms with van der Waals surface area (Å²) >= 11 is 11.6. The molecular formula is C17H12Br2ClF5N6O2S.